The van der Waals surface area contributed by atoms with Crippen molar-refractivity contribution >= 4 is 17.1 Å². The van der Waals surface area contributed by atoms with Gasteiger partial charge in [-0.3, -0.25) is 9.59 Å². The number of hydrogen-bond donors (Lipinski definition) is 1. The van der Waals surface area contributed by atoms with Crippen LogP contribution in [0.5, 0.6) is 0 Å². The zero-order chi connectivity index (χ0) is 22.9. The molecule has 1 saturated heterocycles. The second kappa shape index (κ2) is 8.57. The number of carbonyl (C=O) groups excluding carboxylic acids is 1. The highest BCUT2D eigenvalue weighted by Crippen LogP contribution is 2.26. The van der Waals surface area contributed by atoms with Gasteiger partial charge in [0.15, 0.2) is 11.2 Å². The summed E-state index contributed by atoms with van der Waals surface area (Å²) in [4.78, 5) is 34.8. The van der Waals surface area contributed by atoms with Crippen LogP contribution in [0.4, 0.5) is 4.39 Å². The molecule has 0 bridgehead atoms. The molecule has 5 rings (SSSR count). The van der Waals surface area contributed by atoms with E-state index >= 15 is 0 Å². The van der Waals surface area contributed by atoms with Gasteiger partial charge in [0.25, 0.3) is 11.5 Å². The Balaban J connectivity index is 1.36. The van der Waals surface area contributed by atoms with E-state index in [1.54, 1.807) is 18.2 Å². The minimum atomic E-state index is -0.368. The molecule has 1 aliphatic heterocycles. The molecular weight excluding hydrogens is 423 g/mol. The van der Waals surface area contributed by atoms with Crippen molar-refractivity contribution in [1.82, 2.24) is 29.9 Å². The fraction of sp³-hybridized carbons (Fsp3) is 0.292. The molecule has 3 heterocycles. The second-order valence-electron chi connectivity index (χ2n) is 8.40. The largest absolute Gasteiger partial charge is 0.339 e. The van der Waals surface area contributed by atoms with Crippen molar-refractivity contribution in [2.45, 2.75) is 32.2 Å². The number of halogens is 1. The van der Waals surface area contributed by atoms with Gasteiger partial charge in [-0.15, -0.1) is 5.10 Å². The normalized spacial score (nSPS) is 14.7. The summed E-state index contributed by atoms with van der Waals surface area (Å²) in [5, 5.41) is 7.96. The van der Waals surface area contributed by atoms with Gasteiger partial charge in [-0.05, 0) is 38.0 Å². The molecule has 0 spiro atoms. The topological polar surface area (TPSA) is 96.8 Å². The molecule has 0 radical (unpaired) electrons. The SMILES string of the molecule is Cc1cccc(C(=O)N2CCC(c3nc4c(nnn4Cc4ccccc4F)c(=O)[nH]3)CC2)c1. The molecule has 0 aliphatic carbocycles. The Morgan fingerprint density at radius 2 is 1.94 bits per heavy atom. The summed E-state index contributed by atoms with van der Waals surface area (Å²) in [6, 6.07) is 14.0. The van der Waals surface area contributed by atoms with Crippen LogP contribution in [0.2, 0.25) is 0 Å². The zero-order valence-electron chi connectivity index (χ0n) is 18.2. The summed E-state index contributed by atoms with van der Waals surface area (Å²) < 4.78 is 15.5. The standard InChI is InChI=1S/C24H23FN6O2/c1-15-5-4-7-17(13-15)24(33)30-11-9-16(10-12-30)21-26-22-20(23(32)27-21)28-29-31(22)14-18-6-2-3-8-19(18)25/h2-8,13,16H,9-12,14H2,1H3,(H,26,27,32). The average Bonchev–Trinajstić information content (AvgIpc) is 3.23. The maximum atomic E-state index is 14.1. The Morgan fingerprint density at radius 1 is 1.15 bits per heavy atom. The molecule has 0 unspecified atom stereocenters. The third-order valence-electron chi connectivity index (χ3n) is 6.10. The molecule has 1 N–H and O–H groups in total. The lowest BCUT2D eigenvalue weighted by Crippen LogP contribution is -2.38. The summed E-state index contributed by atoms with van der Waals surface area (Å²) in [7, 11) is 0. The quantitative estimate of drug-likeness (QED) is 0.520. The highest BCUT2D eigenvalue weighted by Gasteiger charge is 2.27. The number of carbonyl (C=O) groups is 1. The maximum Gasteiger partial charge on any atom is 0.281 e. The Bertz CT molecular complexity index is 1390. The number of nitrogens with one attached hydrogen (secondary N) is 1. The molecular formula is C24H23FN6O2. The fourth-order valence-electron chi connectivity index (χ4n) is 4.29. The van der Waals surface area contributed by atoms with Crippen molar-refractivity contribution in [1.29, 1.82) is 0 Å². The molecule has 2 aromatic heterocycles. The van der Waals surface area contributed by atoms with Gasteiger partial charge in [-0.2, -0.15) is 0 Å². The summed E-state index contributed by atoms with van der Waals surface area (Å²) in [6.45, 7) is 3.24. The number of likely N-dealkylation sites (tertiary alicyclic amines) is 1. The second-order valence-corrected chi connectivity index (χ2v) is 8.40. The first-order valence-corrected chi connectivity index (χ1v) is 10.9. The van der Waals surface area contributed by atoms with Gasteiger partial charge in [0.1, 0.15) is 11.6 Å². The van der Waals surface area contributed by atoms with Gasteiger partial charge in [0, 0.05) is 30.1 Å². The Hall–Kier alpha value is -3.88. The van der Waals surface area contributed by atoms with E-state index in [0.29, 0.717) is 48.5 Å². The van der Waals surface area contributed by atoms with E-state index in [9.17, 15) is 14.0 Å². The Labute approximate surface area is 189 Å². The molecule has 168 valence electrons. The van der Waals surface area contributed by atoms with Crippen molar-refractivity contribution in [3.63, 3.8) is 0 Å². The number of amides is 1. The van der Waals surface area contributed by atoms with Crippen LogP contribution in [0.25, 0.3) is 11.2 Å². The lowest BCUT2D eigenvalue weighted by atomic mass is 9.95. The number of hydrogen-bond acceptors (Lipinski definition) is 5. The number of aromatic nitrogens is 5. The monoisotopic (exact) mass is 446 g/mol. The van der Waals surface area contributed by atoms with Crippen LogP contribution >= 0.6 is 0 Å². The van der Waals surface area contributed by atoms with Crippen molar-refractivity contribution < 1.29 is 9.18 Å². The maximum absolute atomic E-state index is 14.1. The molecule has 9 heteroatoms. The van der Waals surface area contributed by atoms with Crippen LogP contribution < -0.4 is 5.56 Å². The van der Waals surface area contributed by atoms with E-state index in [-0.39, 0.29) is 35.3 Å². The van der Waals surface area contributed by atoms with E-state index < -0.39 is 0 Å². The number of nitrogens with zero attached hydrogens (tertiary/aromatic N) is 5. The third kappa shape index (κ3) is 4.13. The zero-order valence-corrected chi connectivity index (χ0v) is 18.2. The molecule has 1 aliphatic rings. The third-order valence-corrected chi connectivity index (χ3v) is 6.10. The first-order chi connectivity index (χ1) is 16.0. The highest BCUT2D eigenvalue weighted by molar-refractivity contribution is 5.94. The van der Waals surface area contributed by atoms with E-state index in [2.05, 4.69) is 20.3 Å². The van der Waals surface area contributed by atoms with Crippen LogP contribution in [-0.2, 0) is 6.54 Å². The van der Waals surface area contributed by atoms with Gasteiger partial charge in [0.05, 0.1) is 6.54 Å². The van der Waals surface area contributed by atoms with E-state index in [1.807, 2.05) is 36.1 Å². The van der Waals surface area contributed by atoms with Crippen LogP contribution in [0.3, 0.4) is 0 Å². The predicted octanol–water partition coefficient (Wildman–Crippen LogP) is 3.03. The molecule has 1 fully saturated rings. The summed E-state index contributed by atoms with van der Waals surface area (Å²) in [5.74, 6) is 0.214. The Kier molecular flexibility index (Phi) is 5.45. The molecule has 0 saturated carbocycles. The molecule has 1 amide bonds. The van der Waals surface area contributed by atoms with E-state index in [0.717, 1.165) is 5.56 Å². The van der Waals surface area contributed by atoms with Gasteiger partial charge in [-0.1, -0.05) is 41.1 Å². The first-order valence-electron chi connectivity index (χ1n) is 10.9. The number of H-pyrrole nitrogens is 1. The number of aryl methyl sites for hydroxylation is 1. The fourth-order valence-corrected chi connectivity index (χ4v) is 4.29. The molecule has 8 nitrogen and oxygen atoms in total. The lowest BCUT2D eigenvalue weighted by molar-refractivity contribution is 0.0711. The number of rotatable bonds is 4. The van der Waals surface area contributed by atoms with E-state index in [4.69, 9.17) is 0 Å². The smallest absolute Gasteiger partial charge is 0.281 e. The Morgan fingerprint density at radius 3 is 2.70 bits per heavy atom. The molecule has 0 atom stereocenters. The summed E-state index contributed by atoms with van der Waals surface area (Å²) >= 11 is 0. The average molecular weight is 446 g/mol. The first kappa shape index (κ1) is 21.0. The van der Waals surface area contributed by atoms with Crippen molar-refractivity contribution in [3.05, 3.63) is 87.2 Å². The summed E-state index contributed by atoms with van der Waals surface area (Å²) in [6.07, 6.45) is 1.36. The number of aromatic amines is 1. The molecule has 2 aromatic carbocycles. The van der Waals surface area contributed by atoms with Gasteiger partial charge < -0.3 is 9.88 Å². The predicted molar refractivity (Wildman–Crippen MR) is 121 cm³/mol. The minimum Gasteiger partial charge on any atom is -0.339 e. The number of fused-ring (bicyclic) bond motifs is 1. The van der Waals surface area contributed by atoms with Gasteiger partial charge in [0.2, 0.25) is 0 Å². The number of benzene rings is 2. The van der Waals surface area contributed by atoms with Crippen molar-refractivity contribution in [2.24, 2.45) is 0 Å². The summed E-state index contributed by atoms with van der Waals surface area (Å²) in [5.41, 5.74) is 2.26. The van der Waals surface area contributed by atoms with Crippen LogP contribution in [0.15, 0.2) is 53.3 Å². The van der Waals surface area contributed by atoms with Gasteiger partial charge >= 0.3 is 0 Å². The van der Waals surface area contributed by atoms with Crippen LogP contribution in [0, 0.1) is 12.7 Å². The van der Waals surface area contributed by atoms with Crippen molar-refractivity contribution in [2.75, 3.05) is 13.1 Å². The molecule has 33 heavy (non-hydrogen) atoms. The van der Waals surface area contributed by atoms with Crippen molar-refractivity contribution in [3.8, 4) is 0 Å². The highest BCUT2D eigenvalue weighted by atomic mass is 19.1. The van der Waals surface area contributed by atoms with Crippen LogP contribution in [-0.4, -0.2) is 48.9 Å². The lowest BCUT2D eigenvalue weighted by Gasteiger charge is -2.31. The number of piperidine rings is 1. The van der Waals surface area contributed by atoms with Crippen LogP contribution in [0.1, 0.15) is 46.1 Å². The molecule has 4 aromatic rings. The van der Waals surface area contributed by atoms with Gasteiger partial charge in [-0.25, -0.2) is 14.1 Å². The van der Waals surface area contributed by atoms with E-state index in [1.165, 1.54) is 10.7 Å². The minimum absolute atomic E-state index is 0.000436.